The molecule has 0 aromatic carbocycles. The van der Waals surface area contributed by atoms with Crippen LogP contribution in [0.25, 0.3) is 0 Å². The van der Waals surface area contributed by atoms with Gasteiger partial charge in [0, 0.05) is 18.5 Å². The van der Waals surface area contributed by atoms with Crippen molar-refractivity contribution in [1.82, 2.24) is 5.32 Å². The quantitative estimate of drug-likeness (QED) is 0.606. The van der Waals surface area contributed by atoms with E-state index in [9.17, 15) is 4.79 Å². The van der Waals surface area contributed by atoms with Crippen LogP contribution in [0.1, 0.15) is 26.2 Å². The maximum absolute atomic E-state index is 11.6. The minimum absolute atomic E-state index is 0.0685. The fraction of sp³-hybridized carbons (Fsp3) is 0.900. The molecule has 0 aliphatic carbocycles. The Morgan fingerprint density at radius 2 is 2.36 bits per heavy atom. The molecule has 4 heteroatoms. The number of carbonyl (C=O) groups excluding carboxylic acids is 1. The molecule has 1 N–H and O–H groups in total. The molecule has 1 saturated heterocycles. The fourth-order valence-corrected chi connectivity index (χ4v) is 2.03. The zero-order valence-corrected chi connectivity index (χ0v) is 10.2. The van der Waals surface area contributed by atoms with Crippen molar-refractivity contribution in [3.8, 4) is 0 Å². The van der Waals surface area contributed by atoms with Crippen molar-refractivity contribution in [2.75, 3.05) is 18.5 Å². The van der Waals surface area contributed by atoms with Crippen LogP contribution in [-0.2, 0) is 9.53 Å². The van der Waals surface area contributed by atoms with Crippen LogP contribution in [0, 0.1) is 5.92 Å². The summed E-state index contributed by atoms with van der Waals surface area (Å²) in [7, 11) is 0. The molecule has 82 valence electrons. The van der Waals surface area contributed by atoms with Crippen LogP contribution in [0.4, 0.5) is 0 Å². The van der Waals surface area contributed by atoms with E-state index in [1.54, 1.807) is 0 Å². The number of amides is 1. The lowest BCUT2D eigenvalue weighted by molar-refractivity contribution is -0.126. The first kappa shape index (κ1) is 12.0. The molecule has 3 nitrogen and oxygen atoms in total. The van der Waals surface area contributed by atoms with Crippen molar-refractivity contribution >= 4 is 21.8 Å². The number of unbranched alkanes of at least 4 members (excludes halogenated alkanes) is 1. The summed E-state index contributed by atoms with van der Waals surface area (Å²) in [5.74, 6) is 0.226. The molecule has 2 atom stereocenters. The number of rotatable bonds is 5. The topological polar surface area (TPSA) is 38.3 Å². The van der Waals surface area contributed by atoms with Gasteiger partial charge in [0.15, 0.2) is 0 Å². The standard InChI is InChI=1S/C10H18BrNO2/c1-8-9(4-7-14-8)10(13)12-6-3-2-5-11/h8-9H,2-7H2,1H3,(H,12,13). The van der Waals surface area contributed by atoms with E-state index in [1.807, 2.05) is 6.92 Å². The molecule has 1 amide bonds. The lowest BCUT2D eigenvalue weighted by Crippen LogP contribution is -2.34. The molecule has 1 fully saturated rings. The molecule has 2 unspecified atom stereocenters. The number of hydrogen-bond donors (Lipinski definition) is 1. The van der Waals surface area contributed by atoms with E-state index in [1.165, 1.54) is 0 Å². The second-order valence-electron chi connectivity index (χ2n) is 3.66. The minimum atomic E-state index is 0.0685. The second kappa shape index (κ2) is 6.40. The molecule has 0 aromatic heterocycles. The largest absolute Gasteiger partial charge is 0.378 e. The van der Waals surface area contributed by atoms with E-state index < -0.39 is 0 Å². The van der Waals surface area contributed by atoms with Crippen molar-refractivity contribution in [1.29, 1.82) is 0 Å². The Bertz CT molecular complexity index is 187. The molecule has 0 spiro atoms. The van der Waals surface area contributed by atoms with E-state index in [0.717, 1.165) is 37.7 Å². The lowest BCUT2D eigenvalue weighted by Gasteiger charge is -2.13. The summed E-state index contributed by atoms with van der Waals surface area (Å²) in [6, 6.07) is 0. The third-order valence-corrected chi connectivity index (χ3v) is 3.13. The van der Waals surface area contributed by atoms with Crippen molar-refractivity contribution in [2.45, 2.75) is 32.3 Å². The molecule has 1 aliphatic rings. The van der Waals surface area contributed by atoms with Gasteiger partial charge in [0.1, 0.15) is 0 Å². The predicted molar refractivity (Wildman–Crippen MR) is 59.6 cm³/mol. The van der Waals surface area contributed by atoms with E-state index in [2.05, 4.69) is 21.2 Å². The number of halogens is 1. The maximum atomic E-state index is 11.6. The minimum Gasteiger partial charge on any atom is -0.378 e. The van der Waals surface area contributed by atoms with Gasteiger partial charge in [-0.25, -0.2) is 0 Å². The zero-order valence-electron chi connectivity index (χ0n) is 8.59. The van der Waals surface area contributed by atoms with Crippen LogP contribution in [-0.4, -0.2) is 30.5 Å². The average Bonchev–Trinajstić information content (AvgIpc) is 2.59. The number of nitrogens with one attached hydrogen (secondary N) is 1. The third-order valence-electron chi connectivity index (χ3n) is 2.57. The Morgan fingerprint density at radius 3 is 2.93 bits per heavy atom. The first-order chi connectivity index (χ1) is 6.75. The molecular weight excluding hydrogens is 246 g/mol. The van der Waals surface area contributed by atoms with Crippen molar-refractivity contribution in [3.05, 3.63) is 0 Å². The van der Waals surface area contributed by atoms with Gasteiger partial charge in [0.05, 0.1) is 12.0 Å². The number of hydrogen-bond acceptors (Lipinski definition) is 2. The zero-order chi connectivity index (χ0) is 10.4. The summed E-state index contributed by atoms with van der Waals surface area (Å²) in [6.45, 7) is 3.48. The van der Waals surface area contributed by atoms with Gasteiger partial charge in [-0.2, -0.15) is 0 Å². The molecule has 1 rings (SSSR count). The van der Waals surface area contributed by atoms with E-state index in [-0.39, 0.29) is 17.9 Å². The van der Waals surface area contributed by atoms with E-state index in [0.29, 0.717) is 0 Å². The van der Waals surface area contributed by atoms with Crippen LogP contribution in [0.5, 0.6) is 0 Å². The lowest BCUT2D eigenvalue weighted by atomic mass is 10.0. The molecule has 0 radical (unpaired) electrons. The van der Waals surface area contributed by atoms with Gasteiger partial charge in [0.25, 0.3) is 0 Å². The van der Waals surface area contributed by atoms with Gasteiger partial charge >= 0.3 is 0 Å². The van der Waals surface area contributed by atoms with Gasteiger partial charge in [-0.05, 0) is 26.2 Å². The summed E-state index contributed by atoms with van der Waals surface area (Å²) in [6.07, 6.45) is 3.10. The summed E-state index contributed by atoms with van der Waals surface area (Å²) in [5.41, 5.74) is 0. The monoisotopic (exact) mass is 263 g/mol. The Hall–Kier alpha value is -0.0900. The van der Waals surface area contributed by atoms with Crippen molar-refractivity contribution in [3.63, 3.8) is 0 Å². The molecule has 0 saturated carbocycles. The molecule has 0 aromatic rings. The van der Waals surface area contributed by atoms with E-state index >= 15 is 0 Å². The highest BCUT2D eigenvalue weighted by atomic mass is 79.9. The average molecular weight is 264 g/mol. The van der Waals surface area contributed by atoms with Crippen LogP contribution in [0.15, 0.2) is 0 Å². The molecule has 1 heterocycles. The number of alkyl halides is 1. The van der Waals surface area contributed by atoms with Crippen LogP contribution < -0.4 is 5.32 Å². The number of ether oxygens (including phenoxy) is 1. The summed E-state index contributed by atoms with van der Waals surface area (Å²) in [5, 5.41) is 3.96. The van der Waals surface area contributed by atoms with Crippen LogP contribution in [0.3, 0.4) is 0 Å². The highest BCUT2D eigenvalue weighted by Crippen LogP contribution is 2.20. The predicted octanol–water partition coefficient (Wildman–Crippen LogP) is 1.70. The van der Waals surface area contributed by atoms with Gasteiger partial charge < -0.3 is 10.1 Å². The Kier molecular flexibility index (Phi) is 5.48. The summed E-state index contributed by atoms with van der Waals surface area (Å²) in [4.78, 5) is 11.6. The highest BCUT2D eigenvalue weighted by Gasteiger charge is 2.30. The third kappa shape index (κ3) is 3.58. The van der Waals surface area contributed by atoms with Crippen LogP contribution >= 0.6 is 15.9 Å². The second-order valence-corrected chi connectivity index (χ2v) is 4.45. The Labute approximate surface area is 93.7 Å². The first-order valence-corrected chi connectivity index (χ1v) is 6.33. The first-order valence-electron chi connectivity index (χ1n) is 5.21. The van der Waals surface area contributed by atoms with Gasteiger partial charge in [0.2, 0.25) is 5.91 Å². The van der Waals surface area contributed by atoms with Gasteiger partial charge in [-0.15, -0.1) is 0 Å². The van der Waals surface area contributed by atoms with Crippen molar-refractivity contribution in [2.24, 2.45) is 5.92 Å². The SMILES string of the molecule is CC1OCCC1C(=O)NCCCCBr. The summed E-state index contributed by atoms with van der Waals surface area (Å²) < 4.78 is 5.35. The van der Waals surface area contributed by atoms with Gasteiger partial charge in [-0.3, -0.25) is 4.79 Å². The van der Waals surface area contributed by atoms with E-state index in [4.69, 9.17) is 4.74 Å². The Morgan fingerprint density at radius 1 is 1.57 bits per heavy atom. The summed E-state index contributed by atoms with van der Waals surface area (Å²) >= 11 is 3.36. The smallest absolute Gasteiger partial charge is 0.225 e. The molecule has 1 aliphatic heterocycles. The van der Waals surface area contributed by atoms with Gasteiger partial charge in [-0.1, -0.05) is 15.9 Å². The fourth-order valence-electron chi connectivity index (χ4n) is 1.64. The van der Waals surface area contributed by atoms with Crippen molar-refractivity contribution < 1.29 is 9.53 Å². The molecule has 14 heavy (non-hydrogen) atoms. The maximum Gasteiger partial charge on any atom is 0.225 e. The normalized spacial score (nSPS) is 26.4. The molecule has 0 bridgehead atoms. The highest BCUT2D eigenvalue weighted by molar-refractivity contribution is 9.09. The Balaban J connectivity index is 2.14. The molecular formula is C10H18BrNO2. The number of carbonyl (C=O) groups is 1. The van der Waals surface area contributed by atoms with Crippen LogP contribution in [0.2, 0.25) is 0 Å².